The van der Waals surface area contributed by atoms with E-state index in [1.807, 2.05) is 9.80 Å². The summed E-state index contributed by atoms with van der Waals surface area (Å²) in [6.45, 7) is 3.72. The molecular weight excluding hydrogens is 208 g/mol. The Morgan fingerprint density at radius 3 is 2.62 bits per heavy atom. The lowest BCUT2D eigenvalue weighted by Crippen LogP contribution is -2.46. The number of hydrogen-bond acceptors (Lipinski definition) is 4. The number of carbonyl (C=O) groups is 2. The molecular formula is C11H18N2O3. The first-order valence-electron chi connectivity index (χ1n) is 5.78. The Bertz CT molecular complexity index is 289. The van der Waals surface area contributed by atoms with Crippen molar-refractivity contribution >= 4 is 11.9 Å². The average molecular weight is 226 g/mol. The number of ether oxygens (including phenoxy) is 1. The zero-order chi connectivity index (χ0) is 11.5. The van der Waals surface area contributed by atoms with Crippen molar-refractivity contribution < 1.29 is 14.3 Å². The predicted molar refractivity (Wildman–Crippen MR) is 57.8 cm³/mol. The normalized spacial score (nSPS) is 25.3. The van der Waals surface area contributed by atoms with E-state index in [2.05, 4.69) is 0 Å². The smallest absolute Gasteiger partial charge is 0.310 e. The Balaban J connectivity index is 1.75. The Hall–Kier alpha value is -1.10. The van der Waals surface area contributed by atoms with Gasteiger partial charge in [0.1, 0.15) is 0 Å². The van der Waals surface area contributed by atoms with Gasteiger partial charge in [0.15, 0.2) is 0 Å². The minimum Gasteiger partial charge on any atom is -0.469 e. The molecule has 16 heavy (non-hydrogen) atoms. The zero-order valence-corrected chi connectivity index (χ0v) is 9.65. The highest BCUT2D eigenvalue weighted by Gasteiger charge is 2.31. The molecule has 90 valence electrons. The molecule has 1 amide bonds. The van der Waals surface area contributed by atoms with Crippen LogP contribution in [0.4, 0.5) is 0 Å². The number of rotatable bonds is 3. The van der Waals surface area contributed by atoms with Crippen LogP contribution in [-0.2, 0) is 14.3 Å². The molecule has 2 fully saturated rings. The molecule has 0 aromatic rings. The SMILES string of the molecule is COC(=O)C1CCN(CC(=O)N2CCC2)C1. The Morgan fingerprint density at radius 2 is 2.06 bits per heavy atom. The van der Waals surface area contributed by atoms with Gasteiger partial charge in [-0.15, -0.1) is 0 Å². The van der Waals surface area contributed by atoms with E-state index in [9.17, 15) is 9.59 Å². The third-order valence-electron chi connectivity index (χ3n) is 3.37. The summed E-state index contributed by atoms with van der Waals surface area (Å²) >= 11 is 0. The van der Waals surface area contributed by atoms with Gasteiger partial charge in [0.2, 0.25) is 5.91 Å². The number of carbonyl (C=O) groups excluding carboxylic acids is 2. The molecule has 0 aromatic carbocycles. The van der Waals surface area contributed by atoms with Crippen molar-refractivity contribution in [2.24, 2.45) is 5.92 Å². The number of amides is 1. The first-order chi connectivity index (χ1) is 7.70. The van der Waals surface area contributed by atoms with E-state index in [1.54, 1.807) is 0 Å². The second-order valence-corrected chi connectivity index (χ2v) is 4.48. The molecule has 0 bridgehead atoms. The first kappa shape index (κ1) is 11.4. The van der Waals surface area contributed by atoms with Gasteiger partial charge in [0, 0.05) is 19.6 Å². The van der Waals surface area contributed by atoms with Crippen molar-refractivity contribution in [2.45, 2.75) is 12.8 Å². The molecule has 0 radical (unpaired) electrons. The molecule has 2 heterocycles. The fourth-order valence-electron chi connectivity index (χ4n) is 2.19. The quantitative estimate of drug-likeness (QED) is 0.621. The van der Waals surface area contributed by atoms with Crippen molar-refractivity contribution in [3.63, 3.8) is 0 Å². The van der Waals surface area contributed by atoms with E-state index in [0.29, 0.717) is 13.1 Å². The van der Waals surface area contributed by atoms with Crippen LogP contribution in [0.2, 0.25) is 0 Å². The number of likely N-dealkylation sites (tertiary alicyclic amines) is 2. The number of hydrogen-bond donors (Lipinski definition) is 0. The Morgan fingerprint density at radius 1 is 1.31 bits per heavy atom. The molecule has 1 unspecified atom stereocenters. The maximum Gasteiger partial charge on any atom is 0.310 e. The van der Waals surface area contributed by atoms with Crippen LogP contribution >= 0.6 is 0 Å². The van der Waals surface area contributed by atoms with E-state index < -0.39 is 0 Å². The van der Waals surface area contributed by atoms with Crippen LogP contribution < -0.4 is 0 Å². The fourth-order valence-corrected chi connectivity index (χ4v) is 2.19. The number of nitrogens with zero attached hydrogens (tertiary/aromatic N) is 2. The van der Waals surface area contributed by atoms with Gasteiger partial charge in [-0.3, -0.25) is 14.5 Å². The summed E-state index contributed by atoms with van der Waals surface area (Å²) in [5, 5.41) is 0. The van der Waals surface area contributed by atoms with Gasteiger partial charge >= 0.3 is 5.97 Å². The van der Waals surface area contributed by atoms with Gasteiger partial charge in [-0.2, -0.15) is 0 Å². The molecule has 2 rings (SSSR count). The summed E-state index contributed by atoms with van der Waals surface area (Å²) in [6, 6.07) is 0. The summed E-state index contributed by atoms with van der Waals surface area (Å²) in [6.07, 6.45) is 1.93. The van der Waals surface area contributed by atoms with Crippen molar-refractivity contribution in [2.75, 3.05) is 39.8 Å². The second-order valence-electron chi connectivity index (χ2n) is 4.48. The van der Waals surface area contributed by atoms with Crippen molar-refractivity contribution in [1.29, 1.82) is 0 Å². The van der Waals surface area contributed by atoms with Gasteiger partial charge in [-0.05, 0) is 19.4 Å². The summed E-state index contributed by atoms with van der Waals surface area (Å²) in [4.78, 5) is 26.9. The van der Waals surface area contributed by atoms with Crippen LogP contribution in [0.25, 0.3) is 0 Å². The van der Waals surface area contributed by atoms with Gasteiger partial charge in [0.25, 0.3) is 0 Å². The molecule has 2 saturated heterocycles. The van der Waals surface area contributed by atoms with E-state index in [4.69, 9.17) is 4.74 Å². The Labute approximate surface area is 95.3 Å². The topological polar surface area (TPSA) is 49.9 Å². The van der Waals surface area contributed by atoms with Gasteiger partial charge < -0.3 is 9.64 Å². The minimum atomic E-state index is -0.154. The highest BCUT2D eigenvalue weighted by molar-refractivity contribution is 5.79. The van der Waals surface area contributed by atoms with Crippen LogP contribution in [-0.4, -0.2) is 61.5 Å². The first-order valence-corrected chi connectivity index (χ1v) is 5.78. The molecule has 0 aliphatic carbocycles. The fraction of sp³-hybridized carbons (Fsp3) is 0.818. The van der Waals surface area contributed by atoms with Crippen LogP contribution in [0.5, 0.6) is 0 Å². The third-order valence-corrected chi connectivity index (χ3v) is 3.37. The van der Waals surface area contributed by atoms with Crippen molar-refractivity contribution in [3.8, 4) is 0 Å². The molecule has 5 nitrogen and oxygen atoms in total. The summed E-state index contributed by atoms with van der Waals surface area (Å²) in [5.41, 5.74) is 0. The van der Waals surface area contributed by atoms with E-state index in [0.717, 1.165) is 32.5 Å². The van der Waals surface area contributed by atoms with Crippen molar-refractivity contribution in [1.82, 2.24) is 9.80 Å². The van der Waals surface area contributed by atoms with Gasteiger partial charge in [-0.1, -0.05) is 0 Å². The molecule has 5 heteroatoms. The third kappa shape index (κ3) is 2.35. The molecule has 2 aliphatic heterocycles. The lowest BCUT2D eigenvalue weighted by molar-refractivity contribution is -0.145. The molecule has 0 aromatic heterocycles. The number of methoxy groups -OCH3 is 1. The van der Waals surface area contributed by atoms with Crippen LogP contribution in [0.15, 0.2) is 0 Å². The lowest BCUT2D eigenvalue weighted by atomic mass is 10.1. The Kier molecular flexibility index (Phi) is 3.43. The van der Waals surface area contributed by atoms with Crippen LogP contribution in [0, 0.1) is 5.92 Å². The lowest BCUT2D eigenvalue weighted by Gasteiger charge is -2.32. The van der Waals surface area contributed by atoms with Gasteiger partial charge in [-0.25, -0.2) is 0 Å². The number of esters is 1. The van der Waals surface area contributed by atoms with Crippen LogP contribution in [0.1, 0.15) is 12.8 Å². The maximum absolute atomic E-state index is 11.7. The van der Waals surface area contributed by atoms with E-state index in [1.165, 1.54) is 7.11 Å². The maximum atomic E-state index is 11.7. The summed E-state index contributed by atoms with van der Waals surface area (Å²) in [5.74, 6) is -0.00939. The molecule has 2 aliphatic rings. The average Bonchev–Trinajstić information content (AvgIpc) is 2.62. The highest BCUT2D eigenvalue weighted by atomic mass is 16.5. The highest BCUT2D eigenvalue weighted by Crippen LogP contribution is 2.18. The minimum absolute atomic E-state index is 0.0470. The second kappa shape index (κ2) is 4.82. The van der Waals surface area contributed by atoms with Crippen LogP contribution in [0.3, 0.4) is 0 Å². The monoisotopic (exact) mass is 226 g/mol. The van der Waals surface area contributed by atoms with E-state index >= 15 is 0 Å². The largest absolute Gasteiger partial charge is 0.469 e. The molecule has 0 spiro atoms. The van der Waals surface area contributed by atoms with Crippen molar-refractivity contribution in [3.05, 3.63) is 0 Å². The van der Waals surface area contributed by atoms with Gasteiger partial charge in [0.05, 0.1) is 19.6 Å². The molecule has 0 N–H and O–H groups in total. The molecule has 1 atom stereocenters. The summed E-state index contributed by atoms with van der Waals surface area (Å²) in [7, 11) is 1.41. The zero-order valence-electron chi connectivity index (χ0n) is 9.65. The summed E-state index contributed by atoms with van der Waals surface area (Å²) < 4.78 is 4.71. The molecule has 0 saturated carbocycles. The standard InChI is InChI=1S/C11H18N2O3/c1-16-11(15)9-3-6-12(7-9)8-10(14)13-4-2-5-13/h9H,2-8H2,1H3. The van der Waals surface area contributed by atoms with E-state index in [-0.39, 0.29) is 17.8 Å². The predicted octanol–water partition coefficient (Wildman–Crippen LogP) is -0.286.